The van der Waals surface area contributed by atoms with Crippen LogP contribution in [0.3, 0.4) is 0 Å². The maximum Gasteiger partial charge on any atom is 0.332 e. The van der Waals surface area contributed by atoms with E-state index in [1.165, 1.54) is 40.9 Å². The van der Waals surface area contributed by atoms with E-state index in [1.54, 1.807) is 24.1 Å². The monoisotopic (exact) mass is 518 g/mol. The van der Waals surface area contributed by atoms with Crippen LogP contribution in [0.15, 0.2) is 28.0 Å². The Hall–Kier alpha value is -3.22. The second kappa shape index (κ2) is 9.10. The predicted octanol–water partition coefficient (Wildman–Crippen LogP) is 1.92. The number of aryl methyl sites for hydroxylation is 1. The number of ether oxygens (including phenoxy) is 2. The summed E-state index contributed by atoms with van der Waals surface area (Å²) in [6.45, 7) is 0.779. The van der Waals surface area contributed by atoms with Crippen molar-refractivity contribution in [2.24, 2.45) is 14.1 Å². The van der Waals surface area contributed by atoms with Crippen LogP contribution >= 0.6 is 22.9 Å². The Morgan fingerprint density at radius 3 is 2.83 bits per heavy atom. The van der Waals surface area contributed by atoms with Gasteiger partial charge in [0.05, 0.1) is 35.8 Å². The lowest BCUT2D eigenvalue weighted by molar-refractivity contribution is -0.119. The van der Waals surface area contributed by atoms with Crippen LogP contribution in [0, 0.1) is 0 Å². The topological polar surface area (TPSA) is 113 Å². The Labute approximate surface area is 208 Å². The van der Waals surface area contributed by atoms with Gasteiger partial charge in [-0.15, -0.1) is 0 Å². The molecule has 0 bridgehead atoms. The Morgan fingerprint density at radius 1 is 1.31 bits per heavy atom. The van der Waals surface area contributed by atoms with Gasteiger partial charge in [0.25, 0.3) is 5.56 Å². The molecule has 184 valence electrons. The number of nitrogens with zero attached hydrogens (tertiary/aromatic N) is 6. The molecule has 11 nitrogen and oxygen atoms in total. The number of rotatable bonds is 6. The first-order chi connectivity index (χ1) is 16.8. The van der Waals surface area contributed by atoms with E-state index in [2.05, 4.69) is 9.97 Å². The second-order valence-electron chi connectivity index (χ2n) is 8.31. The maximum atomic E-state index is 13.7. The van der Waals surface area contributed by atoms with Gasteiger partial charge in [0.1, 0.15) is 17.8 Å². The number of anilines is 1. The largest absolute Gasteiger partial charge is 0.494 e. The lowest BCUT2D eigenvalue weighted by Gasteiger charge is -2.23. The van der Waals surface area contributed by atoms with Crippen LogP contribution in [-0.4, -0.2) is 55.9 Å². The van der Waals surface area contributed by atoms with Crippen molar-refractivity contribution in [3.05, 3.63) is 44.3 Å². The molecule has 0 radical (unpaired) electrons. The van der Waals surface area contributed by atoms with E-state index in [-0.39, 0.29) is 29.7 Å². The fraction of sp³-hybridized carbons (Fsp3) is 0.409. The number of fused-ring (bicyclic) bond motifs is 2. The molecular weight excluding hydrogens is 496 g/mol. The minimum Gasteiger partial charge on any atom is -0.494 e. The second-order valence-corrected chi connectivity index (χ2v) is 9.70. The van der Waals surface area contributed by atoms with Gasteiger partial charge < -0.3 is 14.0 Å². The molecule has 1 amide bonds. The van der Waals surface area contributed by atoms with E-state index >= 15 is 0 Å². The average molecular weight is 519 g/mol. The molecule has 1 aliphatic rings. The number of benzene rings is 1. The van der Waals surface area contributed by atoms with Crippen molar-refractivity contribution in [1.82, 2.24) is 23.7 Å². The number of hydrogen-bond acceptors (Lipinski definition) is 8. The summed E-state index contributed by atoms with van der Waals surface area (Å²) in [5, 5.41) is 0.968. The van der Waals surface area contributed by atoms with Gasteiger partial charge in [0.2, 0.25) is 5.91 Å². The van der Waals surface area contributed by atoms with Crippen LogP contribution in [0.1, 0.15) is 12.8 Å². The van der Waals surface area contributed by atoms with Gasteiger partial charge >= 0.3 is 5.69 Å². The number of amides is 1. The fourth-order valence-corrected chi connectivity index (χ4v) is 5.53. The number of halogens is 1. The highest BCUT2D eigenvalue weighted by molar-refractivity contribution is 7.23. The molecule has 1 aliphatic heterocycles. The summed E-state index contributed by atoms with van der Waals surface area (Å²) in [6, 6.07) is 3.46. The zero-order valence-corrected chi connectivity index (χ0v) is 20.9. The number of imidazole rings is 1. The normalized spacial score (nSPS) is 15.8. The average Bonchev–Trinajstić information content (AvgIpc) is 3.60. The van der Waals surface area contributed by atoms with Crippen LogP contribution in [0.2, 0.25) is 5.02 Å². The van der Waals surface area contributed by atoms with Gasteiger partial charge in [0, 0.05) is 20.7 Å². The first-order valence-electron chi connectivity index (χ1n) is 11.0. The summed E-state index contributed by atoms with van der Waals surface area (Å²) < 4.78 is 15.7. The van der Waals surface area contributed by atoms with Crippen molar-refractivity contribution in [3.63, 3.8) is 0 Å². The highest BCUT2D eigenvalue weighted by Crippen LogP contribution is 2.39. The van der Waals surface area contributed by atoms with E-state index in [0.29, 0.717) is 39.3 Å². The summed E-state index contributed by atoms with van der Waals surface area (Å²) in [5.74, 6) is 0.256. The number of hydrogen-bond donors (Lipinski definition) is 0. The van der Waals surface area contributed by atoms with Crippen molar-refractivity contribution < 1.29 is 14.3 Å². The first-order valence-corrected chi connectivity index (χ1v) is 12.2. The summed E-state index contributed by atoms with van der Waals surface area (Å²) in [6.07, 6.45) is 3.01. The molecule has 1 fully saturated rings. The van der Waals surface area contributed by atoms with Crippen LogP contribution in [0.4, 0.5) is 5.13 Å². The van der Waals surface area contributed by atoms with Crippen LogP contribution in [0.5, 0.6) is 5.75 Å². The standard InChI is InChI=1S/C22H23ClN6O5S/c1-26-19-17(20(31)27(2)22(26)32)28(11-24-19)10-15(30)29(9-12-5-4-8-34-12)21-25-16-14(33-3)7-6-13(23)18(16)35-21/h6-7,11-12H,4-5,8-10H2,1-3H3. The molecule has 35 heavy (non-hydrogen) atoms. The number of carbonyl (C=O) groups excluding carboxylic acids is 1. The van der Waals surface area contributed by atoms with Gasteiger partial charge in [-0.25, -0.2) is 14.8 Å². The number of carbonyl (C=O) groups is 1. The zero-order valence-electron chi connectivity index (χ0n) is 19.4. The zero-order chi connectivity index (χ0) is 24.9. The van der Waals surface area contributed by atoms with Crippen molar-refractivity contribution in [1.29, 1.82) is 0 Å². The Bertz CT molecular complexity index is 1560. The van der Waals surface area contributed by atoms with Crippen molar-refractivity contribution in [2.75, 3.05) is 25.2 Å². The van der Waals surface area contributed by atoms with Gasteiger partial charge in [-0.05, 0) is 25.0 Å². The molecule has 1 aromatic carbocycles. The number of thiazole rings is 1. The number of methoxy groups -OCH3 is 1. The molecule has 5 rings (SSSR count). The highest BCUT2D eigenvalue weighted by Gasteiger charge is 2.28. The maximum absolute atomic E-state index is 13.7. The van der Waals surface area contributed by atoms with Crippen LogP contribution in [0.25, 0.3) is 21.4 Å². The predicted molar refractivity (Wildman–Crippen MR) is 133 cm³/mol. The molecule has 4 aromatic rings. The summed E-state index contributed by atoms with van der Waals surface area (Å²) in [7, 11) is 4.48. The summed E-state index contributed by atoms with van der Waals surface area (Å²) in [4.78, 5) is 49.2. The van der Waals surface area contributed by atoms with Gasteiger partial charge in [-0.2, -0.15) is 0 Å². The van der Waals surface area contributed by atoms with Gasteiger partial charge in [-0.1, -0.05) is 22.9 Å². The van der Waals surface area contributed by atoms with Gasteiger partial charge in [-0.3, -0.25) is 23.6 Å². The molecule has 4 heterocycles. The highest BCUT2D eigenvalue weighted by atomic mass is 35.5. The first kappa shape index (κ1) is 23.5. The Kier molecular flexibility index (Phi) is 6.11. The van der Waals surface area contributed by atoms with Crippen LogP contribution in [-0.2, 0) is 30.2 Å². The molecule has 3 aromatic heterocycles. The lowest BCUT2D eigenvalue weighted by atomic mass is 10.2. The summed E-state index contributed by atoms with van der Waals surface area (Å²) in [5.41, 5.74) is -0.0424. The third-order valence-corrected chi connectivity index (χ3v) is 7.67. The van der Waals surface area contributed by atoms with Crippen molar-refractivity contribution >= 4 is 55.4 Å². The molecule has 0 N–H and O–H groups in total. The third kappa shape index (κ3) is 4.01. The van der Waals surface area contributed by atoms with E-state index in [9.17, 15) is 14.4 Å². The summed E-state index contributed by atoms with van der Waals surface area (Å²) >= 11 is 7.69. The third-order valence-electron chi connectivity index (χ3n) is 6.13. The Balaban J connectivity index is 1.56. The van der Waals surface area contributed by atoms with E-state index in [0.717, 1.165) is 17.4 Å². The fourth-order valence-electron chi connectivity index (χ4n) is 4.25. The minimum absolute atomic E-state index is 0.128. The smallest absolute Gasteiger partial charge is 0.332 e. The minimum atomic E-state index is -0.518. The molecule has 0 saturated carbocycles. The van der Waals surface area contributed by atoms with E-state index in [4.69, 9.17) is 21.1 Å². The van der Waals surface area contributed by atoms with E-state index in [1.807, 2.05) is 0 Å². The number of aromatic nitrogens is 5. The lowest BCUT2D eigenvalue weighted by Crippen LogP contribution is -2.40. The molecular formula is C22H23ClN6O5S. The molecule has 13 heteroatoms. The molecule has 1 atom stereocenters. The van der Waals surface area contributed by atoms with Gasteiger partial charge in [0.15, 0.2) is 16.3 Å². The Morgan fingerprint density at radius 2 is 2.11 bits per heavy atom. The van der Waals surface area contributed by atoms with Crippen molar-refractivity contribution in [2.45, 2.75) is 25.5 Å². The van der Waals surface area contributed by atoms with Crippen LogP contribution < -0.4 is 20.9 Å². The quantitative estimate of drug-likeness (QED) is 0.383. The van der Waals surface area contributed by atoms with Crippen molar-refractivity contribution in [3.8, 4) is 5.75 Å². The molecule has 0 aliphatic carbocycles. The SMILES string of the molecule is COc1ccc(Cl)c2sc(N(CC3CCCO3)C(=O)Cn3cnc4c3c(=O)n(C)c(=O)n4C)nc12. The molecule has 0 spiro atoms. The molecule has 1 saturated heterocycles. The van der Waals surface area contributed by atoms with E-state index < -0.39 is 11.2 Å². The molecule has 1 unspecified atom stereocenters.